The van der Waals surface area contributed by atoms with Crippen LogP contribution in [0.3, 0.4) is 0 Å². The van der Waals surface area contributed by atoms with E-state index >= 15 is 0 Å². The van der Waals surface area contributed by atoms with Crippen molar-refractivity contribution < 1.29 is 20.4 Å². The van der Waals surface area contributed by atoms with Crippen molar-refractivity contribution in [3.05, 3.63) is 95.3 Å². The summed E-state index contributed by atoms with van der Waals surface area (Å²) < 4.78 is 2.40. The van der Waals surface area contributed by atoms with Crippen molar-refractivity contribution in [2.75, 3.05) is 0 Å². The molecule has 2 unspecified atom stereocenters. The molecule has 170 valence electrons. The minimum atomic E-state index is -2.01. The Morgan fingerprint density at radius 3 is 1.97 bits per heavy atom. The molecule has 0 amide bonds. The number of hydrogen-bond acceptors (Lipinski definition) is 0. The van der Waals surface area contributed by atoms with Crippen molar-refractivity contribution in [3.8, 4) is 0 Å². The number of allylic oxidation sites excluding steroid dienone is 5. The van der Waals surface area contributed by atoms with Gasteiger partial charge < -0.3 is 0 Å². The topological polar surface area (TPSA) is 0 Å². The van der Waals surface area contributed by atoms with Crippen molar-refractivity contribution in [1.29, 1.82) is 0 Å². The molecule has 0 bridgehead atoms. The number of halogens is 4. The van der Waals surface area contributed by atoms with Crippen molar-refractivity contribution in [2.45, 2.75) is 44.4 Å². The van der Waals surface area contributed by atoms with Gasteiger partial charge in [-0.1, -0.05) is 0 Å². The standard InChI is InChI=1S/C15H9Cl2.C9H13.C2H6Si.2ClH.Zr/c16-13-6-3-7-14(17)15(13)12-9-8-10-4-1-2-5-11(10)12;1-6-5-7(2)9(4)8(6)3;1-3-2;;;/h1-9H;6H,1-4H3;1-2H3;2*1H;. The molecule has 0 saturated carbocycles. The van der Waals surface area contributed by atoms with Crippen LogP contribution in [0.5, 0.6) is 0 Å². The molecule has 4 rings (SSSR count). The molecule has 0 aliphatic heterocycles. The quantitative estimate of drug-likeness (QED) is 0.307. The van der Waals surface area contributed by atoms with Crippen LogP contribution in [0.4, 0.5) is 0 Å². The van der Waals surface area contributed by atoms with Gasteiger partial charge >= 0.3 is 200 Å². The number of benzene rings is 2. The Bertz CT molecular complexity index is 1170. The molecule has 0 N–H and O–H groups in total. The van der Waals surface area contributed by atoms with Crippen LogP contribution in [0.15, 0.2) is 68.5 Å². The largest absolute Gasteiger partial charge is 0.147 e. The SMILES string of the molecule is CC1=C(C)C(C)[C]([Zr]([CH]2C=C(c3c(Cl)cccc3Cl)c3ccccc32)=[Si](C)C)=C1C.Cl.Cl. The predicted molar refractivity (Wildman–Crippen MR) is 145 cm³/mol. The molecule has 0 aromatic heterocycles. The normalized spacial score (nSPS) is 19.3. The van der Waals surface area contributed by atoms with E-state index < -0.39 is 25.8 Å². The van der Waals surface area contributed by atoms with Crippen molar-refractivity contribution in [2.24, 2.45) is 5.92 Å². The number of hydrogen-bond donors (Lipinski definition) is 0. The van der Waals surface area contributed by atoms with Gasteiger partial charge in [-0.25, -0.2) is 0 Å². The Hall–Kier alpha value is -0.0800. The van der Waals surface area contributed by atoms with Gasteiger partial charge in [0.25, 0.3) is 0 Å². The first-order chi connectivity index (χ1) is 14.2. The van der Waals surface area contributed by atoms with E-state index in [4.69, 9.17) is 23.2 Å². The second kappa shape index (κ2) is 11.1. The zero-order chi connectivity index (χ0) is 21.7. The molecular formula is C26H30Cl4SiZr. The summed E-state index contributed by atoms with van der Waals surface area (Å²) in [6.45, 7) is 14.6. The molecule has 0 saturated heterocycles. The fraction of sp³-hybridized carbons (Fsp3) is 0.308. The summed E-state index contributed by atoms with van der Waals surface area (Å²) in [4.78, 5) is 0. The summed E-state index contributed by atoms with van der Waals surface area (Å²) in [5.41, 5.74) is 9.34. The Morgan fingerprint density at radius 2 is 1.44 bits per heavy atom. The summed E-state index contributed by atoms with van der Waals surface area (Å²) in [7, 11) is 0. The van der Waals surface area contributed by atoms with E-state index in [9.17, 15) is 0 Å². The van der Waals surface area contributed by atoms with E-state index in [1.165, 1.54) is 22.3 Å². The maximum absolute atomic E-state index is 6.66. The van der Waals surface area contributed by atoms with Crippen LogP contribution < -0.4 is 0 Å². The fourth-order valence-corrected chi connectivity index (χ4v) is 25.4. The summed E-state index contributed by atoms with van der Waals surface area (Å²) in [5.74, 6) is 0.604. The van der Waals surface area contributed by atoms with Crippen molar-refractivity contribution >= 4 is 59.0 Å². The Kier molecular flexibility index (Phi) is 9.77. The van der Waals surface area contributed by atoms with E-state index in [1.807, 2.05) is 21.5 Å². The molecule has 6 heteroatoms. The van der Waals surface area contributed by atoms with Crippen LogP contribution in [-0.4, -0.2) is 5.43 Å². The van der Waals surface area contributed by atoms with Crippen LogP contribution in [-0.2, 0) is 20.4 Å². The molecule has 0 radical (unpaired) electrons. The molecule has 2 aliphatic rings. The van der Waals surface area contributed by atoms with Gasteiger partial charge in [-0.3, -0.25) is 0 Å². The molecular weight excluding hydrogens is 573 g/mol. The van der Waals surface area contributed by atoms with Gasteiger partial charge in [0.1, 0.15) is 0 Å². The van der Waals surface area contributed by atoms with Gasteiger partial charge in [0.2, 0.25) is 0 Å². The summed E-state index contributed by atoms with van der Waals surface area (Å²) in [6.07, 6.45) is 2.54. The number of rotatable bonds is 3. The molecule has 0 heterocycles. The zero-order valence-electron chi connectivity index (χ0n) is 19.3. The number of fused-ring (bicyclic) bond motifs is 1. The summed E-state index contributed by atoms with van der Waals surface area (Å²) >= 11 is 11.3. The smallest absolute Gasteiger partial charge is 0.147 e. The second-order valence-corrected chi connectivity index (χ2v) is 27.0. The monoisotopic (exact) mass is 600 g/mol. The zero-order valence-corrected chi connectivity index (χ0v) is 25.9. The molecule has 2 aliphatic carbocycles. The van der Waals surface area contributed by atoms with Gasteiger partial charge in [0, 0.05) is 0 Å². The van der Waals surface area contributed by atoms with Crippen molar-refractivity contribution in [3.63, 3.8) is 0 Å². The van der Waals surface area contributed by atoms with Crippen LogP contribution in [0, 0.1) is 5.92 Å². The fourth-order valence-electron chi connectivity index (χ4n) is 5.12. The van der Waals surface area contributed by atoms with Gasteiger partial charge in [-0.2, -0.15) is 0 Å². The van der Waals surface area contributed by atoms with Crippen LogP contribution in [0.1, 0.15) is 48.0 Å². The molecule has 2 atom stereocenters. The summed E-state index contributed by atoms with van der Waals surface area (Å²) in [6, 6.07) is 14.8. The molecule has 2 aromatic carbocycles. The van der Waals surface area contributed by atoms with Gasteiger partial charge in [-0.05, 0) is 0 Å². The predicted octanol–water partition coefficient (Wildman–Crippen LogP) is 9.45. The minimum Gasteiger partial charge on any atom is -0.147 e. The third kappa shape index (κ3) is 4.71. The first-order valence-corrected chi connectivity index (χ1v) is 20.1. The van der Waals surface area contributed by atoms with E-state index in [1.54, 1.807) is 11.1 Å². The molecule has 0 nitrogen and oxygen atoms in total. The van der Waals surface area contributed by atoms with E-state index in [2.05, 4.69) is 71.1 Å². The maximum atomic E-state index is 6.66. The van der Waals surface area contributed by atoms with E-state index in [-0.39, 0.29) is 24.8 Å². The average molecular weight is 604 g/mol. The Labute approximate surface area is 223 Å². The van der Waals surface area contributed by atoms with Crippen LogP contribution in [0.25, 0.3) is 5.57 Å². The van der Waals surface area contributed by atoms with E-state index in [0.29, 0.717) is 9.54 Å². The Morgan fingerprint density at radius 1 is 0.844 bits per heavy atom. The summed E-state index contributed by atoms with van der Waals surface area (Å²) in [5, 5.41) is 1.48. The minimum absolute atomic E-state index is 0. The van der Waals surface area contributed by atoms with Gasteiger partial charge in [0.05, 0.1) is 0 Å². The van der Waals surface area contributed by atoms with Gasteiger partial charge in [-0.15, -0.1) is 24.8 Å². The first kappa shape index (κ1) is 28.2. The van der Waals surface area contributed by atoms with Crippen LogP contribution >= 0.6 is 48.0 Å². The molecule has 32 heavy (non-hydrogen) atoms. The third-order valence-corrected chi connectivity index (χ3v) is 26.1. The molecule has 0 spiro atoms. The second-order valence-electron chi connectivity index (χ2n) is 8.72. The van der Waals surface area contributed by atoms with E-state index in [0.717, 1.165) is 15.6 Å². The first-order valence-electron chi connectivity index (χ1n) is 10.6. The van der Waals surface area contributed by atoms with Gasteiger partial charge in [0.15, 0.2) is 0 Å². The maximum Gasteiger partial charge on any atom is -0.147 e. The third-order valence-electron chi connectivity index (χ3n) is 6.93. The van der Waals surface area contributed by atoms with Crippen molar-refractivity contribution in [1.82, 2.24) is 0 Å². The molecule has 2 aromatic rings. The average Bonchev–Trinajstić information content (AvgIpc) is 3.16. The molecule has 0 fully saturated rings. The van der Waals surface area contributed by atoms with Crippen LogP contribution in [0.2, 0.25) is 23.1 Å². The Balaban J connectivity index is 0.00000181.